The largest absolute Gasteiger partial charge is 0.496 e. The fourth-order valence-electron chi connectivity index (χ4n) is 2.13. The van der Waals surface area contributed by atoms with E-state index >= 15 is 0 Å². The fraction of sp³-hybridized carbons (Fsp3) is 0.267. The van der Waals surface area contributed by atoms with Crippen LogP contribution in [0.5, 0.6) is 5.75 Å². The highest BCUT2D eigenvalue weighted by molar-refractivity contribution is 5.39. The molecule has 100 valence electrons. The number of anilines is 1. The van der Waals surface area contributed by atoms with Crippen LogP contribution < -0.4 is 16.2 Å². The summed E-state index contributed by atoms with van der Waals surface area (Å²) in [5.41, 5.74) is 14.1. The molecule has 0 saturated carbocycles. The SMILES string of the molecule is COc1ccccc1CC(N)Cc1cccnc1N. The van der Waals surface area contributed by atoms with Gasteiger partial charge in [0.15, 0.2) is 0 Å². The summed E-state index contributed by atoms with van der Waals surface area (Å²) in [6, 6.07) is 11.7. The van der Waals surface area contributed by atoms with Crippen LogP contribution >= 0.6 is 0 Å². The van der Waals surface area contributed by atoms with Crippen molar-refractivity contribution >= 4 is 5.82 Å². The van der Waals surface area contributed by atoms with E-state index in [2.05, 4.69) is 4.98 Å². The molecule has 4 nitrogen and oxygen atoms in total. The van der Waals surface area contributed by atoms with Crippen molar-refractivity contribution in [1.29, 1.82) is 0 Å². The first-order valence-electron chi connectivity index (χ1n) is 6.27. The molecule has 0 aliphatic carbocycles. The topological polar surface area (TPSA) is 74.2 Å². The number of nitrogen functional groups attached to an aromatic ring is 1. The van der Waals surface area contributed by atoms with E-state index in [9.17, 15) is 0 Å². The number of nitrogens with zero attached hydrogens (tertiary/aromatic N) is 1. The van der Waals surface area contributed by atoms with E-state index in [4.69, 9.17) is 16.2 Å². The number of methoxy groups -OCH3 is 1. The molecule has 1 atom stereocenters. The smallest absolute Gasteiger partial charge is 0.126 e. The van der Waals surface area contributed by atoms with Gasteiger partial charge in [-0.2, -0.15) is 0 Å². The summed E-state index contributed by atoms with van der Waals surface area (Å²) in [6.07, 6.45) is 3.14. The Bertz CT molecular complexity index is 542. The molecule has 0 aliphatic rings. The number of pyridine rings is 1. The molecule has 19 heavy (non-hydrogen) atoms. The molecular formula is C15H19N3O. The minimum Gasteiger partial charge on any atom is -0.496 e. The average Bonchev–Trinajstić information content (AvgIpc) is 2.42. The van der Waals surface area contributed by atoms with Gasteiger partial charge >= 0.3 is 0 Å². The van der Waals surface area contributed by atoms with Crippen LogP contribution in [0, 0.1) is 0 Å². The number of ether oxygens (including phenoxy) is 1. The summed E-state index contributed by atoms with van der Waals surface area (Å²) >= 11 is 0. The van der Waals surface area contributed by atoms with Crippen LogP contribution in [-0.2, 0) is 12.8 Å². The number of hydrogen-bond donors (Lipinski definition) is 2. The maximum atomic E-state index is 6.19. The van der Waals surface area contributed by atoms with E-state index in [1.165, 1.54) is 0 Å². The maximum absolute atomic E-state index is 6.19. The van der Waals surface area contributed by atoms with E-state index in [1.54, 1.807) is 13.3 Å². The molecule has 0 fully saturated rings. The molecule has 4 heteroatoms. The van der Waals surface area contributed by atoms with Gasteiger partial charge in [-0.25, -0.2) is 4.98 Å². The summed E-state index contributed by atoms with van der Waals surface area (Å²) in [7, 11) is 1.67. The van der Waals surface area contributed by atoms with Gasteiger partial charge in [-0.15, -0.1) is 0 Å². The fourth-order valence-corrected chi connectivity index (χ4v) is 2.13. The normalized spacial score (nSPS) is 12.1. The minimum atomic E-state index is -0.0113. The van der Waals surface area contributed by atoms with Gasteiger partial charge < -0.3 is 16.2 Å². The van der Waals surface area contributed by atoms with Gasteiger partial charge in [0.1, 0.15) is 11.6 Å². The van der Waals surface area contributed by atoms with Crippen LogP contribution in [0.1, 0.15) is 11.1 Å². The van der Waals surface area contributed by atoms with Crippen molar-refractivity contribution < 1.29 is 4.74 Å². The van der Waals surface area contributed by atoms with Crippen LogP contribution in [0.2, 0.25) is 0 Å². The van der Waals surface area contributed by atoms with Crippen LogP contribution in [-0.4, -0.2) is 18.1 Å². The molecule has 1 heterocycles. The lowest BCUT2D eigenvalue weighted by atomic mass is 9.99. The van der Waals surface area contributed by atoms with Gasteiger partial charge in [0, 0.05) is 12.2 Å². The summed E-state index contributed by atoms with van der Waals surface area (Å²) in [5, 5.41) is 0. The Balaban J connectivity index is 2.05. The van der Waals surface area contributed by atoms with Crippen molar-refractivity contribution in [2.45, 2.75) is 18.9 Å². The van der Waals surface area contributed by atoms with E-state index in [-0.39, 0.29) is 6.04 Å². The van der Waals surface area contributed by atoms with Crippen molar-refractivity contribution in [1.82, 2.24) is 4.98 Å². The minimum absolute atomic E-state index is 0.0113. The van der Waals surface area contributed by atoms with Gasteiger partial charge in [-0.05, 0) is 36.1 Å². The highest BCUT2D eigenvalue weighted by atomic mass is 16.5. The number of nitrogens with two attached hydrogens (primary N) is 2. The lowest BCUT2D eigenvalue weighted by Crippen LogP contribution is -2.26. The first-order valence-corrected chi connectivity index (χ1v) is 6.27. The summed E-state index contributed by atoms with van der Waals surface area (Å²) in [4.78, 5) is 4.07. The molecule has 0 bridgehead atoms. The number of hydrogen-bond acceptors (Lipinski definition) is 4. The number of para-hydroxylation sites is 1. The Morgan fingerprint density at radius 2 is 1.79 bits per heavy atom. The van der Waals surface area contributed by atoms with Crippen molar-refractivity contribution in [2.24, 2.45) is 5.73 Å². The highest BCUT2D eigenvalue weighted by Gasteiger charge is 2.10. The quantitative estimate of drug-likeness (QED) is 0.856. The molecule has 0 amide bonds. The Kier molecular flexibility index (Phi) is 4.36. The zero-order chi connectivity index (χ0) is 13.7. The molecular weight excluding hydrogens is 238 g/mol. The molecule has 2 aromatic rings. The maximum Gasteiger partial charge on any atom is 0.126 e. The van der Waals surface area contributed by atoms with E-state index in [1.807, 2.05) is 36.4 Å². The zero-order valence-corrected chi connectivity index (χ0v) is 11.0. The van der Waals surface area contributed by atoms with Crippen molar-refractivity contribution in [2.75, 3.05) is 12.8 Å². The van der Waals surface area contributed by atoms with Crippen LogP contribution in [0.3, 0.4) is 0 Å². The van der Waals surface area contributed by atoms with Gasteiger partial charge in [-0.3, -0.25) is 0 Å². The third-order valence-corrected chi connectivity index (χ3v) is 3.08. The van der Waals surface area contributed by atoms with Gasteiger partial charge in [0.05, 0.1) is 7.11 Å². The number of benzene rings is 1. The zero-order valence-electron chi connectivity index (χ0n) is 11.0. The third kappa shape index (κ3) is 3.45. The van der Waals surface area contributed by atoms with E-state index in [0.29, 0.717) is 12.2 Å². The van der Waals surface area contributed by atoms with Gasteiger partial charge in [0.25, 0.3) is 0 Å². The van der Waals surface area contributed by atoms with Crippen LogP contribution in [0.25, 0.3) is 0 Å². The second-order valence-electron chi connectivity index (χ2n) is 4.53. The Morgan fingerprint density at radius 3 is 2.53 bits per heavy atom. The second kappa shape index (κ2) is 6.20. The molecule has 0 aliphatic heterocycles. The summed E-state index contributed by atoms with van der Waals surface area (Å²) in [5.74, 6) is 1.43. The predicted octanol–water partition coefficient (Wildman–Crippen LogP) is 1.78. The average molecular weight is 257 g/mol. The Hall–Kier alpha value is -2.07. The van der Waals surface area contributed by atoms with E-state index < -0.39 is 0 Å². The molecule has 0 spiro atoms. The third-order valence-electron chi connectivity index (χ3n) is 3.08. The second-order valence-corrected chi connectivity index (χ2v) is 4.53. The number of aromatic nitrogens is 1. The van der Waals surface area contributed by atoms with Crippen molar-refractivity contribution in [3.05, 3.63) is 53.7 Å². The monoisotopic (exact) mass is 257 g/mol. The summed E-state index contributed by atoms with van der Waals surface area (Å²) in [6.45, 7) is 0. The Morgan fingerprint density at radius 1 is 1.11 bits per heavy atom. The molecule has 1 unspecified atom stereocenters. The van der Waals surface area contributed by atoms with Crippen molar-refractivity contribution in [3.8, 4) is 5.75 Å². The van der Waals surface area contributed by atoms with Gasteiger partial charge in [0.2, 0.25) is 0 Å². The molecule has 0 saturated heterocycles. The van der Waals surface area contributed by atoms with Crippen LogP contribution in [0.15, 0.2) is 42.6 Å². The molecule has 2 rings (SSSR count). The lowest BCUT2D eigenvalue weighted by molar-refractivity contribution is 0.408. The first-order chi connectivity index (χ1) is 9.20. The summed E-state index contributed by atoms with van der Waals surface area (Å²) < 4.78 is 5.33. The highest BCUT2D eigenvalue weighted by Crippen LogP contribution is 2.20. The van der Waals surface area contributed by atoms with Crippen LogP contribution in [0.4, 0.5) is 5.82 Å². The first kappa shape index (κ1) is 13.4. The van der Waals surface area contributed by atoms with Gasteiger partial charge in [-0.1, -0.05) is 24.3 Å². The van der Waals surface area contributed by atoms with E-state index in [0.717, 1.165) is 23.3 Å². The standard InChI is InChI=1S/C15H19N3O/c1-19-14-7-3-2-5-11(14)9-13(16)10-12-6-4-8-18-15(12)17/h2-8,13H,9-10,16H2,1H3,(H2,17,18). The predicted molar refractivity (Wildman–Crippen MR) is 77.0 cm³/mol. The molecule has 1 aromatic carbocycles. The Labute approximate surface area is 113 Å². The molecule has 1 aromatic heterocycles. The molecule has 0 radical (unpaired) electrons. The molecule has 4 N–H and O–H groups in total. The number of rotatable bonds is 5. The van der Waals surface area contributed by atoms with Crippen molar-refractivity contribution in [3.63, 3.8) is 0 Å². The lowest BCUT2D eigenvalue weighted by Gasteiger charge is -2.15.